The van der Waals surface area contributed by atoms with Crippen LogP contribution in [0.2, 0.25) is 0 Å². The van der Waals surface area contributed by atoms with Crippen LogP contribution in [0.25, 0.3) is 21.8 Å². The van der Waals surface area contributed by atoms with Gasteiger partial charge < -0.3 is 19.9 Å². The molecule has 46 heavy (non-hydrogen) atoms. The topological polar surface area (TPSA) is 144 Å². The average Bonchev–Trinajstić information content (AvgIpc) is 3.58. The number of hydrogen-bond donors (Lipinski definition) is 2. The van der Waals surface area contributed by atoms with Crippen LogP contribution in [0.5, 0.6) is 0 Å². The normalized spacial score (nSPS) is 16.3. The lowest BCUT2D eigenvalue weighted by Crippen LogP contribution is -2.50. The Labute approximate surface area is 268 Å². The van der Waals surface area contributed by atoms with E-state index in [9.17, 15) is 18.0 Å². The molecule has 0 unspecified atom stereocenters. The van der Waals surface area contributed by atoms with Crippen molar-refractivity contribution in [2.45, 2.75) is 70.7 Å². The van der Waals surface area contributed by atoms with Crippen LogP contribution in [0.4, 0.5) is 16.2 Å². The standard InChI is InChI=1S/C32H42N8O5S/c1-32(2,3)45-31(42)40(23-7-8-23)24-11-13-39(14-12-24)27-10-9-25(29-26(27)19-38(5)36-29)30(41)34-22-15-20(17-33-46(6,43)44)28-21(16-22)18-37(4)35-28/h9-10,15-16,18-19,23-24,33H,7-8,11-14,17H2,1-6H3,(H,34,41). The number of sulfonamides is 1. The summed E-state index contributed by atoms with van der Waals surface area (Å²) in [5.74, 6) is -0.323. The van der Waals surface area contributed by atoms with Crippen molar-refractivity contribution in [1.29, 1.82) is 0 Å². The van der Waals surface area contributed by atoms with E-state index in [-0.39, 0.29) is 30.6 Å². The van der Waals surface area contributed by atoms with Crippen molar-refractivity contribution in [3.8, 4) is 0 Å². The molecule has 2 aromatic heterocycles. The fourth-order valence-electron chi connectivity index (χ4n) is 6.25. The number of rotatable bonds is 8. The summed E-state index contributed by atoms with van der Waals surface area (Å²) in [4.78, 5) is 31.0. The van der Waals surface area contributed by atoms with E-state index < -0.39 is 15.6 Å². The Bertz CT molecular complexity index is 1910. The van der Waals surface area contributed by atoms with E-state index in [1.807, 2.05) is 57.2 Å². The predicted octanol–water partition coefficient (Wildman–Crippen LogP) is 4.13. The summed E-state index contributed by atoms with van der Waals surface area (Å²) in [6, 6.07) is 7.72. The number of anilines is 2. The van der Waals surface area contributed by atoms with Gasteiger partial charge in [0.1, 0.15) is 11.1 Å². The minimum absolute atomic E-state index is 0.0438. The maximum atomic E-state index is 13.7. The Balaban J connectivity index is 1.21. The van der Waals surface area contributed by atoms with Gasteiger partial charge in [0.2, 0.25) is 10.0 Å². The minimum Gasteiger partial charge on any atom is -0.444 e. The van der Waals surface area contributed by atoms with Crippen LogP contribution >= 0.6 is 0 Å². The van der Waals surface area contributed by atoms with Crippen LogP contribution in [0.3, 0.4) is 0 Å². The fourth-order valence-corrected chi connectivity index (χ4v) is 6.67. The quantitative estimate of drug-likeness (QED) is 0.290. The number of carbonyl (C=O) groups excluding carboxylic acids is 2. The SMILES string of the molecule is Cn1cc2cc(NC(=O)c3ccc(N4CCC(N(C(=O)OC(C)(C)C)C5CC5)CC4)c4cn(C)nc34)cc(CNS(C)(=O)=O)c2n1. The molecule has 246 valence electrons. The van der Waals surface area contributed by atoms with Crippen molar-refractivity contribution in [2.24, 2.45) is 14.1 Å². The molecule has 0 radical (unpaired) electrons. The van der Waals surface area contributed by atoms with Gasteiger partial charge in [-0.15, -0.1) is 0 Å². The molecule has 2 aromatic carbocycles. The lowest BCUT2D eigenvalue weighted by atomic mass is 10.0. The summed E-state index contributed by atoms with van der Waals surface area (Å²) in [5, 5.41) is 13.8. The van der Waals surface area contributed by atoms with Gasteiger partial charge in [0.05, 0.1) is 17.3 Å². The molecule has 2 amide bonds. The molecule has 2 fully saturated rings. The number of benzene rings is 2. The number of aromatic nitrogens is 4. The van der Waals surface area contributed by atoms with E-state index in [2.05, 4.69) is 25.1 Å². The van der Waals surface area contributed by atoms with Crippen LogP contribution in [0.15, 0.2) is 36.7 Å². The van der Waals surface area contributed by atoms with E-state index >= 15 is 0 Å². The molecule has 0 atom stereocenters. The first-order valence-electron chi connectivity index (χ1n) is 15.6. The Hall–Kier alpha value is -4.17. The zero-order chi connectivity index (χ0) is 33.0. The number of amides is 2. The minimum atomic E-state index is -3.43. The second kappa shape index (κ2) is 11.9. The third kappa shape index (κ3) is 6.97. The molecule has 2 aliphatic rings. The Kier molecular flexibility index (Phi) is 8.21. The summed E-state index contributed by atoms with van der Waals surface area (Å²) < 4.78 is 35.2. The lowest BCUT2D eigenvalue weighted by molar-refractivity contribution is 0.0113. The van der Waals surface area contributed by atoms with Crippen LogP contribution in [0.1, 0.15) is 62.4 Å². The first-order chi connectivity index (χ1) is 21.6. The van der Waals surface area contributed by atoms with Gasteiger partial charge >= 0.3 is 6.09 Å². The second-order valence-corrected chi connectivity index (χ2v) is 15.3. The monoisotopic (exact) mass is 650 g/mol. The largest absolute Gasteiger partial charge is 0.444 e. The molecule has 0 bridgehead atoms. The lowest BCUT2D eigenvalue weighted by Gasteiger charge is -2.40. The van der Waals surface area contributed by atoms with Crippen molar-refractivity contribution in [3.63, 3.8) is 0 Å². The number of hydrogen-bond acceptors (Lipinski definition) is 8. The zero-order valence-corrected chi connectivity index (χ0v) is 28.0. The predicted molar refractivity (Wildman–Crippen MR) is 177 cm³/mol. The first-order valence-corrected chi connectivity index (χ1v) is 17.5. The average molecular weight is 651 g/mol. The first kappa shape index (κ1) is 31.8. The Morgan fingerprint density at radius 2 is 1.63 bits per heavy atom. The molecule has 1 saturated carbocycles. The van der Waals surface area contributed by atoms with Gasteiger partial charge in [0, 0.05) is 80.4 Å². The summed E-state index contributed by atoms with van der Waals surface area (Å²) in [6.45, 7) is 7.28. The third-order valence-corrected chi connectivity index (χ3v) is 9.01. The zero-order valence-electron chi connectivity index (χ0n) is 27.2. The number of ether oxygens (including phenoxy) is 1. The van der Waals surface area contributed by atoms with Gasteiger partial charge in [0.15, 0.2) is 0 Å². The van der Waals surface area contributed by atoms with E-state index in [1.54, 1.807) is 28.5 Å². The highest BCUT2D eigenvalue weighted by atomic mass is 32.2. The Morgan fingerprint density at radius 3 is 2.28 bits per heavy atom. The molecular weight excluding hydrogens is 608 g/mol. The van der Waals surface area contributed by atoms with Crippen molar-refractivity contribution in [2.75, 3.05) is 29.6 Å². The highest BCUT2D eigenvalue weighted by Gasteiger charge is 2.41. The molecule has 1 aliphatic heterocycles. The number of piperidine rings is 1. The maximum absolute atomic E-state index is 13.7. The maximum Gasteiger partial charge on any atom is 0.410 e. The van der Waals surface area contributed by atoms with Crippen LogP contribution in [0, 0.1) is 0 Å². The van der Waals surface area contributed by atoms with Gasteiger partial charge in [0.25, 0.3) is 5.91 Å². The van der Waals surface area contributed by atoms with E-state index in [0.717, 1.165) is 61.5 Å². The third-order valence-electron chi connectivity index (χ3n) is 8.34. The van der Waals surface area contributed by atoms with Crippen LogP contribution < -0.4 is 14.9 Å². The van der Waals surface area contributed by atoms with Gasteiger partial charge in [-0.05, 0) is 76.3 Å². The summed E-state index contributed by atoms with van der Waals surface area (Å²) in [7, 11) is 0.199. The molecular formula is C32H42N8O5S. The number of nitrogens with zero attached hydrogens (tertiary/aromatic N) is 6. The molecule has 1 saturated heterocycles. The van der Waals surface area contributed by atoms with Crippen molar-refractivity contribution in [1.82, 2.24) is 29.2 Å². The van der Waals surface area contributed by atoms with E-state index in [1.165, 1.54) is 0 Å². The Morgan fingerprint density at radius 1 is 0.978 bits per heavy atom. The molecule has 3 heterocycles. The second-order valence-electron chi connectivity index (χ2n) is 13.5. The van der Waals surface area contributed by atoms with E-state index in [0.29, 0.717) is 27.8 Å². The van der Waals surface area contributed by atoms with Gasteiger partial charge in [-0.3, -0.25) is 14.2 Å². The molecule has 14 heteroatoms. The smallest absolute Gasteiger partial charge is 0.410 e. The van der Waals surface area contributed by atoms with Crippen LogP contribution in [-0.4, -0.2) is 81.9 Å². The molecule has 6 rings (SSSR count). The van der Waals surface area contributed by atoms with Crippen molar-refractivity contribution in [3.05, 3.63) is 47.8 Å². The summed E-state index contributed by atoms with van der Waals surface area (Å²) >= 11 is 0. The van der Waals surface area contributed by atoms with E-state index in [4.69, 9.17) is 4.74 Å². The fraction of sp³-hybridized carbons (Fsp3) is 0.500. The van der Waals surface area contributed by atoms with Crippen molar-refractivity contribution < 1.29 is 22.7 Å². The highest BCUT2D eigenvalue weighted by molar-refractivity contribution is 7.88. The highest BCUT2D eigenvalue weighted by Crippen LogP contribution is 2.36. The molecule has 13 nitrogen and oxygen atoms in total. The number of nitrogens with one attached hydrogen (secondary N) is 2. The van der Waals surface area contributed by atoms with Crippen molar-refractivity contribution >= 4 is 55.2 Å². The van der Waals surface area contributed by atoms with Gasteiger partial charge in [-0.1, -0.05) is 0 Å². The van der Waals surface area contributed by atoms with Crippen LogP contribution in [-0.2, 0) is 35.4 Å². The molecule has 0 spiro atoms. The van der Waals surface area contributed by atoms with Gasteiger partial charge in [-0.2, -0.15) is 10.2 Å². The van der Waals surface area contributed by atoms with Gasteiger partial charge in [-0.25, -0.2) is 17.9 Å². The summed E-state index contributed by atoms with van der Waals surface area (Å²) in [6.07, 6.45) is 8.33. The summed E-state index contributed by atoms with van der Waals surface area (Å²) in [5.41, 5.74) is 3.32. The number of aryl methyl sites for hydroxylation is 2. The number of carbonyl (C=O) groups is 2. The number of fused-ring (bicyclic) bond motifs is 2. The molecule has 2 N–H and O–H groups in total. The molecule has 1 aliphatic carbocycles. The molecule has 4 aromatic rings.